The van der Waals surface area contributed by atoms with E-state index >= 15 is 0 Å². The molecular weight excluding hydrogens is 251 g/mol. The van der Waals surface area contributed by atoms with Gasteiger partial charge in [-0.1, -0.05) is 29.3 Å². The largest absolute Gasteiger partial charge is 0.305 e. The Hall–Kier alpha value is -0.380. The van der Waals surface area contributed by atoms with Gasteiger partial charge in [-0.15, -0.1) is 0 Å². The van der Waals surface area contributed by atoms with Crippen molar-refractivity contribution in [3.05, 3.63) is 33.8 Å². The molecule has 1 aromatic rings. The van der Waals surface area contributed by atoms with Crippen molar-refractivity contribution >= 4 is 41.5 Å². The van der Waals surface area contributed by atoms with Gasteiger partial charge in [-0.3, -0.25) is 4.99 Å². The lowest BCUT2D eigenvalue weighted by Crippen LogP contribution is -2.10. The molecule has 0 bridgehead atoms. The molecule has 0 spiro atoms. The van der Waals surface area contributed by atoms with E-state index in [1.807, 2.05) is 24.5 Å². The van der Waals surface area contributed by atoms with E-state index in [0.717, 1.165) is 34.5 Å². The quantitative estimate of drug-likeness (QED) is 0.774. The first-order valence-electron chi connectivity index (χ1n) is 4.60. The standard InChI is InChI=1S/C10H10Cl2N2S/c11-9-2-1-3-10(12)8(9)6-15-14-5-4-13-7-14/h1-3,7H,4-6H2. The Kier molecular flexibility index (Phi) is 3.78. The van der Waals surface area contributed by atoms with Crippen molar-refractivity contribution < 1.29 is 0 Å². The van der Waals surface area contributed by atoms with Crippen LogP contribution in [0.1, 0.15) is 5.56 Å². The van der Waals surface area contributed by atoms with Gasteiger partial charge < -0.3 is 4.31 Å². The second kappa shape index (κ2) is 5.10. The van der Waals surface area contributed by atoms with Gasteiger partial charge in [0.2, 0.25) is 0 Å². The van der Waals surface area contributed by atoms with Crippen LogP contribution in [0.3, 0.4) is 0 Å². The highest BCUT2D eigenvalue weighted by molar-refractivity contribution is 7.96. The fourth-order valence-corrected chi connectivity index (χ4v) is 2.92. The summed E-state index contributed by atoms with van der Waals surface area (Å²) in [7, 11) is 0. The summed E-state index contributed by atoms with van der Waals surface area (Å²) in [6, 6.07) is 5.58. The first-order valence-corrected chi connectivity index (χ1v) is 6.29. The number of hydrogen-bond donors (Lipinski definition) is 0. The zero-order chi connectivity index (χ0) is 10.7. The molecule has 0 aliphatic carbocycles. The molecule has 0 unspecified atom stereocenters. The van der Waals surface area contributed by atoms with Crippen LogP contribution in [-0.4, -0.2) is 23.7 Å². The van der Waals surface area contributed by atoms with Crippen LogP contribution in [0.2, 0.25) is 10.0 Å². The molecule has 0 aromatic heterocycles. The Morgan fingerprint density at radius 2 is 2.07 bits per heavy atom. The summed E-state index contributed by atoms with van der Waals surface area (Å²) < 4.78 is 2.10. The maximum absolute atomic E-state index is 6.07. The predicted octanol–water partition coefficient (Wildman–Crippen LogP) is 3.49. The molecule has 1 aromatic carbocycles. The van der Waals surface area contributed by atoms with Crippen molar-refractivity contribution in [3.63, 3.8) is 0 Å². The van der Waals surface area contributed by atoms with Crippen LogP contribution in [0, 0.1) is 0 Å². The van der Waals surface area contributed by atoms with Gasteiger partial charge in [-0.05, 0) is 24.1 Å². The van der Waals surface area contributed by atoms with Crippen LogP contribution in [0.5, 0.6) is 0 Å². The summed E-state index contributed by atoms with van der Waals surface area (Å²) in [5.74, 6) is 0.782. The number of hydrogen-bond acceptors (Lipinski definition) is 3. The number of aliphatic imine (C=N–C) groups is 1. The molecule has 0 radical (unpaired) electrons. The van der Waals surface area contributed by atoms with Crippen molar-refractivity contribution in [2.45, 2.75) is 5.75 Å². The molecule has 0 amide bonds. The van der Waals surface area contributed by atoms with Crippen molar-refractivity contribution in [3.8, 4) is 0 Å². The van der Waals surface area contributed by atoms with E-state index in [-0.39, 0.29) is 0 Å². The van der Waals surface area contributed by atoms with Crippen LogP contribution in [-0.2, 0) is 5.75 Å². The van der Waals surface area contributed by atoms with Gasteiger partial charge in [0.25, 0.3) is 0 Å². The third-order valence-corrected chi connectivity index (χ3v) is 3.83. The summed E-state index contributed by atoms with van der Waals surface area (Å²) in [6.45, 7) is 1.84. The maximum Gasteiger partial charge on any atom is 0.0950 e. The van der Waals surface area contributed by atoms with Crippen LogP contribution < -0.4 is 0 Å². The predicted molar refractivity (Wildman–Crippen MR) is 67.8 cm³/mol. The van der Waals surface area contributed by atoms with Gasteiger partial charge in [-0.25, -0.2) is 0 Å². The summed E-state index contributed by atoms with van der Waals surface area (Å²) in [6.07, 6.45) is 1.86. The SMILES string of the molecule is Clc1cccc(Cl)c1CSN1C=NCC1. The summed E-state index contributed by atoms with van der Waals surface area (Å²) in [5.41, 5.74) is 0.992. The van der Waals surface area contributed by atoms with E-state index in [9.17, 15) is 0 Å². The van der Waals surface area contributed by atoms with Gasteiger partial charge in [0.15, 0.2) is 0 Å². The second-order valence-electron chi connectivity index (χ2n) is 3.14. The Morgan fingerprint density at radius 3 is 2.67 bits per heavy atom. The monoisotopic (exact) mass is 260 g/mol. The minimum Gasteiger partial charge on any atom is -0.305 e. The second-order valence-corrected chi connectivity index (χ2v) is 4.97. The number of benzene rings is 1. The van der Waals surface area contributed by atoms with Crippen LogP contribution >= 0.6 is 35.1 Å². The molecule has 0 N–H and O–H groups in total. The van der Waals surface area contributed by atoms with Crippen LogP contribution in [0.25, 0.3) is 0 Å². The highest BCUT2D eigenvalue weighted by Crippen LogP contribution is 2.29. The molecule has 2 rings (SSSR count). The zero-order valence-electron chi connectivity index (χ0n) is 7.99. The van der Waals surface area contributed by atoms with E-state index in [2.05, 4.69) is 9.30 Å². The fraction of sp³-hybridized carbons (Fsp3) is 0.300. The van der Waals surface area contributed by atoms with Gasteiger partial charge in [0, 0.05) is 21.4 Å². The third-order valence-electron chi connectivity index (χ3n) is 2.10. The molecule has 1 aliphatic rings. The summed E-state index contributed by atoms with van der Waals surface area (Å²) >= 11 is 13.8. The summed E-state index contributed by atoms with van der Waals surface area (Å²) in [5, 5.41) is 1.46. The first kappa shape index (κ1) is 11.1. The Balaban J connectivity index is 2.01. The van der Waals surface area contributed by atoms with E-state index in [1.165, 1.54) is 0 Å². The molecule has 5 heteroatoms. The van der Waals surface area contributed by atoms with Gasteiger partial charge >= 0.3 is 0 Å². The average Bonchev–Trinajstić information content (AvgIpc) is 2.70. The minimum absolute atomic E-state index is 0.728. The fourth-order valence-electron chi connectivity index (χ4n) is 1.28. The molecule has 0 saturated heterocycles. The van der Waals surface area contributed by atoms with Crippen molar-refractivity contribution in [1.29, 1.82) is 0 Å². The Bertz CT molecular complexity index is 361. The van der Waals surface area contributed by atoms with Crippen molar-refractivity contribution in [2.75, 3.05) is 13.1 Å². The van der Waals surface area contributed by atoms with Gasteiger partial charge in [0.1, 0.15) is 0 Å². The molecule has 0 atom stereocenters. The topological polar surface area (TPSA) is 15.6 Å². The van der Waals surface area contributed by atoms with Crippen molar-refractivity contribution in [2.24, 2.45) is 4.99 Å². The summed E-state index contributed by atoms with van der Waals surface area (Å²) in [4.78, 5) is 4.14. The zero-order valence-corrected chi connectivity index (χ0v) is 10.3. The lowest BCUT2D eigenvalue weighted by molar-refractivity contribution is 0.747. The third kappa shape index (κ3) is 2.80. The lowest BCUT2D eigenvalue weighted by Gasteiger charge is -2.13. The van der Waals surface area contributed by atoms with Gasteiger partial charge in [0.05, 0.1) is 19.4 Å². The number of rotatable bonds is 3. The van der Waals surface area contributed by atoms with E-state index in [4.69, 9.17) is 23.2 Å². The highest BCUT2D eigenvalue weighted by atomic mass is 35.5. The normalized spacial score (nSPS) is 14.9. The molecule has 1 heterocycles. The molecule has 2 nitrogen and oxygen atoms in total. The molecule has 0 saturated carbocycles. The Morgan fingerprint density at radius 1 is 1.33 bits per heavy atom. The van der Waals surface area contributed by atoms with Crippen LogP contribution in [0.4, 0.5) is 0 Å². The van der Waals surface area contributed by atoms with Gasteiger partial charge in [-0.2, -0.15) is 0 Å². The van der Waals surface area contributed by atoms with E-state index in [0.29, 0.717) is 0 Å². The average molecular weight is 261 g/mol. The highest BCUT2D eigenvalue weighted by Gasteiger charge is 2.10. The smallest absolute Gasteiger partial charge is 0.0950 e. The van der Waals surface area contributed by atoms with E-state index in [1.54, 1.807) is 11.9 Å². The maximum atomic E-state index is 6.07. The molecule has 80 valence electrons. The molecule has 15 heavy (non-hydrogen) atoms. The molecule has 1 aliphatic heterocycles. The molecule has 0 fully saturated rings. The lowest BCUT2D eigenvalue weighted by atomic mass is 10.2. The molecular formula is C10H10Cl2N2S. The Labute approximate surface area is 103 Å². The number of nitrogens with zero attached hydrogens (tertiary/aromatic N) is 2. The van der Waals surface area contributed by atoms with E-state index < -0.39 is 0 Å². The van der Waals surface area contributed by atoms with Crippen molar-refractivity contribution in [1.82, 2.24) is 4.31 Å². The first-order chi connectivity index (χ1) is 7.27. The van der Waals surface area contributed by atoms with Crippen LogP contribution in [0.15, 0.2) is 23.2 Å². The number of halogens is 2. The minimum atomic E-state index is 0.728.